The molecule has 3 N–H and O–H groups in total. The fourth-order valence-corrected chi connectivity index (χ4v) is 2.93. The molecule has 1 heterocycles. The number of nitrogens with two attached hydrogens (primary N) is 1. The zero-order valence-electron chi connectivity index (χ0n) is 13.3. The second kappa shape index (κ2) is 9.80. The van der Waals surface area contributed by atoms with Crippen LogP contribution in [0.5, 0.6) is 0 Å². The van der Waals surface area contributed by atoms with E-state index in [0.29, 0.717) is 18.5 Å². The maximum Gasteiger partial charge on any atom is 0.241 e. The molecule has 23 heavy (non-hydrogen) atoms. The van der Waals surface area contributed by atoms with E-state index in [-0.39, 0.29) is 24.2 Å². The number of piperidine rings is 1. The van der Waals surface area contributed by atoms with Crippen LogP contribution in [0.3, 0.4) is 0 Å². The number of benzene rings is 1. The van der Waals surface area contributed by atoms with E-state index in [4.69, 9.17) is 5.73 Å². The molecule has 1 fully saturated rings. The van der Waals surface area contributed by atoms with E-state index in [0.717, 1.165) is 30.8 Å². The molecule has 0 bridgehead atoms. The summed E-state index contributed by atoms with van der Waals surface area (Å²) >= 11 is 1.67. The molecule has 1 atom stereocenters. The Morgan fingerprint density at radius 1 is 1.43 bits per heavy atom. The number of rotatable bonds is 6. The van der Waals surface area contributed by atoms with Gasteiger partial charge in [0.05, 0.1) is 6.04 Å². The van der Waals surface area contributed by atoms with Crippen LogP contribution >= 0.6 is 24.2 Å². The van der Waals surface area contributed by atoms with Gasteiger partial charge in [0.1, 0.15) is 0 Å². The number of thioether (sulfide) groups is 1. The lowest BCUT2D eigenvalue weighted by Gasteiger charge is -2.27. The van der Waals surface area contributed by atoms with E-state index in [9.17, 15) is 9.59 Å². The number of halogens is 1. The van der Waals surface area contributed by atoms with Gasteiger partial charge in [0.15, 0.2) is 0 Å². The number of carbonyl (C=O) groups excluding carboxylic acids is 2. The first-order chi connectivity index (χ1) is 10.6. The zero-order valence-corrected chi connectivity index (χ0v) is 14.9. The van der Waals surface area contributed by atoms with Gasteiger partial charge < -0.3 is 16.0 Å². The summed E-state index contributed by atoms with van der Waals surface area (Å²) in [5.74, 6) is 0.819. The molecule has 1 unspecified atom stereocenters. The van der Waals surface area contributed by atoms with Crippen LogP contribution in [0, 0.1) is 0 Å². The molecule has 1 aromatic carbocycles. The van der Waals surface area contributed by atoms with Crippen molar-refractivity contribution in [3.8, 4) is 0 Å². The summed E-state index contributed by atoms with van der Waals surface area (Å²) in [6.07, 6.45) is 5.20. The minimum Gasteiger partial charge on any atom is -0.325 e. The maximum atomic E-state index is 12.0. The van der Waals surface area contributed by atoms with Crippen molar-refractivity contribution < 1.29 is 9.59 Å². The molecule has 0 saturated carbocycles. The highest BCUT2D eigenvalue weighted by Crippen LogP contribution is 2.24. The first-order valence-electron chi connectivity index (χ1n) is 7.57. The van der Waals surface area contributed by atoms with Crippen LogP contribution in [0.1, 0.15) is 25.7 Å². The monoisotopic (exact) mass is 357 g/mol. The summed E-state index contributed by atoms with van der Waals surface area (Å²) in [4.78, 5) is 25.8. The number of anilines is 2. The predicted molar refractivity (Wildman–Crippen MR) is 99.5 cm³/mol. The molecule has 5 nitrogen and oxygen atoms in total. The summed E-state index contributed by atoms with van der Waals surface area (Å²) < 4.78 is 0. The number of amides is 2. The molecule has 128 valence electrons. The molecule has 7 heteroatoms. The molecular weight excluding hydrogens is 334 g/mol. The van der Waals surface area contributed by atoms with Gasteiger partial charge in [0, 0.05) is 24.3 Å². The van der Waals surface area contributed by atoms with E-state index in [1.807, 2.05) is 30.5 Å². The van der Waals surface area contributed by atoms with Gasteiger partial charge in [-0.2, -0.15) is 11.8 Å². The summed E-state index contributed by atoms with van der Waals surface area (Å²) in [5.41, 5.74) is 7.38. The second-order valence-corrected chi connectivity index (χ2v) is 6.42. The molecule has 0 spiro atoms. The van der Waals surface area contributed by atoms with Crippen molar-refractivity contribution in [3.63, 3.8) is 0 Å². The lowest BCUT2D eigenvalue weighted by atomic mass is 10.1. The third kappa shape index (κ3) is 5.71. The summed E-state index contributed by atoms with van der Waals surface area (Å²) in [5, 5.41) is 2.83. The predicted octanol–water partition coefficient (Wildman–Crippen LogP) is 2.64. The minimum absolute atomic E-state index is 0. The number of hydrogen-bond donors (Lipinski definition) is 2. The van der Waals surface area contributed by atoms with Crippen molar-refractivity contribution in [2.45, 2.75) is 31.7 Å². The summed E-state index contributed by atoms with van der Waals surface area (Å²) in [6.45, 7) is 0.740. The first-order valence-corrected chi connectivity index (χ1v) is 8.97. The van der Waals surface area contributed by atoms with Crippen LogP contribution in [-0.2, 0) is 9.59 Å². The molecule has 0 aromatic heterocycles. The van der Waals surface area contributed by atoms with Crippen LogP contribution in [0.4, 0.5) is 11.4 Å². The van der Waals surface area contributed by atoms with E-state index < -0.39 is 6.04 Å². The highest BCUT2D eigenvalue weighted by molar-refractivity contribution is 7.98. The van der Waals surface area contributed by atoms with Crippen molar-refractivity contribution in [1.29, 1.82) is 0 Å². The fourth-order valence-electron chi connectivity index (χ4n) is 2.44. The number of nitrogens with zero attached hydrogens (tertiary/aromatic N) is 1. The molecule has 1 aromatic rings. The van der Waals surface area contributed by atoms with Crippen molar-refractivity contribution in [2.75, 3.05) is 28.8 Å². The third-order valence-corrected chi connectivity index (χ3v) is 4.36. The molecule has 1 aliphatic rings. The molecular formula is C16H24ClN3O2S. The lowest BCUT2D eigenvalue weighted by Crippen LogP contribution is -2.36. The largest absolute Gasteiger partial charge is 0.325 e. The third-order valence-electron chi connectivity index (χ3n) is 3.72. The van der Waals surface area contributed by atoms with E-state index >= 15 is 0 Å². The van der Waals surface area contributed by atoms with Crippen LogP contribution in [0.2, 0.25) is 0 Å². The number of nitrogens with one attached hydrogen (secondary N) is 1. The Kier molecular flexibility index (Phi) is 8.44. The smallest absolute Gasteiger partial charge is 0.241 e. The van der Waals surface area contributed by atoms with Crippen molar-refractivity contribution in [3.05, 3.63) is 24.3 Å². The van der Waals surface area contributed by atoms with Gasteiger partial charge in [0.2, 0.25) is 11.8 Å². The van der Waals surface area contributed by atoms with Crippen LogP contribution in [-0.4, -0.2) is 36.4 Å². The minimum atomic E-state index is -0.507. The van der Waals surface area contributed by atoms with E-state index in [1.165, 1.54) is 0 Å². The highest BCUT2D eigenvalue weighted by Gasteiger charge is 2.20. The van der Waals surface area contributed by atoms with Crippen LogP contribution < -0.4 is 16.0 Å². The molecule has 0 aliphatic carbocycles. The second-order valence-electron chi connectivity index (χ2n) is 5.43. The summed E-state index contributed by atoms with van der Waals surface area (Å²) in [7, 11) is 0. The van der Waals surface area contributed by atoms with Gasteiger partial charge >= 0.3 is 0 Å². The standard InChI is InChI=1S/C16H23N3O2S.ClH/c1-22-10-8-14(17)16(21)18-12-5-4-6-13(11-12)19-9-3-2-7-15(19)20;/h4-6,11,14H,2-3,7-10,17H2,1H3,(H,18,21);1H. The van der Waals surface area contributed by atoms with Crippen LogP contribution in [0.15, 0.2) is 24.3 Å². The molecule has 2 rings (SSSR count). The Hall–Kier alpha value is -1.24. The Labute approximate surface area is 147 Å². The zero-order chi connectivity index (χ0) is 15.9. The molecule has 2 amide bonds. The quantitative estimate of drug-likeness (QED) is 0.820. The van der Waals surface area contributed by atoms with Crippen molar-refractivity contribution in [2.24, 2.45) is 5.73 Å². The molecule has 0 radical (unpaired) electrons. The van der Waals surface area contributed by atoms with Crippen molar-refractivity contribution in [1.82, 2.24) is 0 Å². The van der Waals surface area contributed by atoms with E-state index in [1.54, 1.807) is 16.7 Å². The van der Waals surface area contributed by atoms with Crippen molar-refractivity contribution >= 4 is 47.4 Å². The Bertz CT molecular complexity index is 542. The SMILES string of the molecule is CSCCC(N)C(=O)Nc1cccc(N2CCCCC2=O)c1.Cl. The molecule has 1 aliphatic heterocycles. The van der Waals surface area contributed by atoms with Gasteiger partial charge in [-0.25, -0.2) is 0 Å². The average Bonchev–Trinajstić information content (AvgIpc) is 2.53. The van der Waals surface area contributed by atoms with Gasteiger partial charge in [-0.15, -0.1) is 12.4 Å². The number of carbonyl (C=O) groups is 2. The molecule has 1 saturated heterocycles. The highest BCUT2D eigenvalue weighted by atomic mass is 35.5. The van der Waals surface area contributed by atoms with Gasteiger partial charge in [-0.1, -0.05) is 6.07 Å². The van der Waals surface area contributed by atoms with E-state index in [2.05, 4.69) is 5.32 Å². The Morgan fingerprint density at radius 2 is 2.22 bits per heavy atom. The summed E-state index contributed by atoms with van der Waals surface area (Å²) in [6, 6.07) is 6.89. The number of hydrogen-bond acceptors (Lipinski definition) is 4. The topological polar surface area (TPSA) is 75.4 Å². The lowest BCUT2D eigenvalue weighted by molar-refractivity contribution is -0.119. The van der Waals surface area contributed by atoms with Gasteiger partial charge in [-0.05, 0) is 49.5 Å². The van der Waals surface area contributed by atoms with Gasteiger partial charge in [-0.3, -0.25) is 9.59 Å². The van der Waals surface area contributed by atoms with Gasteiger partial charge in [0.25, 0.3) is 0 Å². The fraction of sp³-hybridized carbons (Fsp3) is 0.500. The normalized spacial score (nSPS) is 15.7. The Balaban J connectivity index is 0.00000264. The first kappa shape index (κ1) is 19.8. The maximum absolute atomic E-state index is 12.0. The van der Waals surface area contributed by atoms with Crippen LogP contribution in [0.25, 0.3) is 0 Å². The average molecular weight is 358 g/mol. The Morgan fingerprint density at radius 3 is 2.91 bits per heavy atom.